The van der Waals surface area contributed by atoms with Gasteiger partial charge in [0.15, 0.2) is 9.84 Å². The maximum Gasteiger partial charge on any atom is 0.305 e. The molecule has 2 atom stereocenters. The summed E-state index contributed by atoms with van der Waals surface area (Å²) >= 11 is 0. The van der Waals surface area contributed by atoms with E-state index >= 15 is 0 Å². The van der Waals surface area contributed by atoms with Crippen molar-refractivity contribution in [3.8, 4) is 11.1 Å². The van der Waals surface area contributed by atoms with Crippen LogP contribution in [0.1, 0.15) is 18.5 Å². The van der Waals surface area contributed by atoms with E-state index in [1.807, 2.05) is 4.57 Å². The fraction of sp³-hybridized carbons (Fsp3) is 0.261. The molecule has 4 rings (SSSR count). The van der Waals surface area contributed by atoms with Crippen molar-refractivity contribution in [2.24, 2.45) is 0 Å². The third-order valence-corrected chi connectivity index (χ3v) is 7.26. The van der Waals surface area contributed by atoms with Crippen LogP contribution < -0.4 is 0 Å². The zero-order chi connectivity index (χ0) is 23.0. The number of carboxylic acid groups (broad SMARTS) is 1. The standard InChI is InChI=1S/C23H22FNO6S/c24-15-6-4-14(5-7-15)22-18-2-1-3-20-23(18)25(10-11-32(20,30)31)19(22)9-8-16(26)12-17(27)13-21(28)29/h1-9,16-17,26-27H,10-13H2,(H,28,29)/b9-8+. The Kier molecular flexibility index (Phi) is 5.89. The molecule has 0 spiro atoms. The summed E-state index contributed by atoms with van der Waals surface area (Å²) < 4.78 is 40.7. The minimum Gasteiger partial charge on any atom is -0.481 e. The van der Waals surface area contributed by atoms with Gasteiger partial charge in [0, 0.05) is 29.6 Å². The summed E-state index contributed by atoms with van der Waals surface area (Å²) in [6, 6.07) is 10.9. The first kappa shape index (κ1) is 22.2. The van der Waals surface area contributed by atoms with Crippen LogP contribution in [0, 0.1) is 5.82 Å². The predicted octanol–water partition coefficient (Wildman–Crippen LogP) is 2.83. The van der Waals surface area contributed by atoms with Crippen molar-refractivity contribution in [1.29, 1.82) is 0 Å². The Bertz CT molecular complexity index is 1310. The number of carbonyl (C=O) groups is 1. The molecule has 2 unspecified atom stereocenters. The van der Waals surface area contributed by atoms with E-state index < -0.39 is 40.3 Å². The number of nitrogens with zero attached hydrogens (tertiary/aromatic N) is 1. The van der Waals surface area contributed by atoms with E-state index in [2.05, 4.69) is 0 Å². The monoisotopic (exact) mass is 459 g/mol. The van der Waals surface area contributed by atoms with E-state index in [0.29, 0.717) is 27.7 Å². The molecule has 2 aromatic carbocycles. The first-order valence-corrected chi connectivity index (χ1v) is 11.7. The van der Waals surface area contributed by atoms with Gasteiger partial charge >= 0.3 is 5.97 Å². The highest BCUT2D eigenvalue weighted by atomic mass is 32.2. The van der Waals surface area contributed by atoms with Crippen LogP contribution in [0.15, 0.2) is 53.4 Å². The minimum absolute atomic E-state index is 0.0721. The van der Waals surface area contributed by atoms with Gasteiger partial charge in [-0.05, 0) is 29.8 Å². The van der Waals surface area contributed by atoms with Gasteiger partial charge in [0.25, 0.3) is 0 Å². The molecule has 1 aliphatic heterocycles. The van der Waals surface area contributed by atoms with E-state index in [9.17, 15) is 27.8 Å². The molecule has 0 radical (unpaired) electrons. The number of aryl methyl sites for hydroxylation is 1. The molecule has 7 nitrogen and oxygen atoms in total. The molecule has 168 valence electrons. The molecule has 32 heavy (non-hydrogen) atoms. The van der Waals surface area contributed by atoms with Gasteiger partial charge < -0.3 is 19.9 Å². The largest absolute Gasteiger partial charge is 0.481 e. The highest BCUT2D eigenvalue weighted by molar-refractivity contribution is 7.91. The highest BCUT2D eigenvalue weighted by Crippen LogP contribution is 2.40. The molecule has 9 heteroatoms. The lowest BCUT2D eigenvalue weighted by Gasteiger charge is -2.17. The molecular formula is C23H22FNO6S. The van der Waals surface area contributed by atoms with Crippen LogP contribution in [-0.2, 0) is 21.2 Å². The number of aromatic nitrogens is 1. The first-order valence-electron chi connectivity index (χ1n) is 10.1. The van der Waals surface area contributed by atoms with Crippen LogP contribution >= 0.6 is 0 Å². The molecule has 0 fully saturated rings. The molecule has 0 bridgehead atoms. The van der Waals surface area contributed by atoms with Crippen LogP contribution in [0.3, 0.4) is 0 Å². The lowest BCUT2D eigenvalue weighted by molar-refractivity contribution is -0.139. The summed E-state index contributed by atoms with van der Waals surface area (Å²) in [6.07, 6.45) is 0.132. The fourth-order valence-electron chi connectivity index (χ4n) is 4.14. The number of rotatable bonds is 7. The average molecular weight is 459 g/mol. The Morgan fingerprint density at radius 1 is 1.16 bits per heavy atom. The molecule has 0 saturated heterocycles. The maximum absolute atomic E-state index is 13.5. The molecule has 0 aliphatic carbocycles. The fourth-order valence-corrected chi connectivity index (χ4v) is 5.58. The summed E-state index contributed by atoms with van der Waals surface area (Å²) in [5.74, 6) is -1.63. The van der Waals surface area contributed by atoms with E-state index in [-0.39, 0.29) is 23.6 Å². The van der Waals surface area contributed by atoms with Crippen LogP contribution in [0.4, 0.5) is 4.39 Å². The second kappa shape index (κ2) is 8.50. The number of hydrogen-bond acceptors (Lipinski definition) is 5. The SMILES string of the molecule is O=C(O)CC(O)CC(O)/C=C/c1c(-c2ccc(F)cc2)c2cccc3c2n1CCS3(=O)=O. The normalized spacial score (nSPS) is 17.0. The summed E-state index contributed by atoms with van der Waals surface area (Å²) in [7, 11) is -3.44. The van der Waals surface area contributed by atoms with Crippen molar-refractivity contribution >= 4 is 32.8 Å². The zero-order valence-electron chi connectivity index (χ0n) is 17.0. The Balaban J connectivity index is 1.84. The number of carboxylic acids is 1. The second-order valence-electron chi connectivity index (χ2n) is 7.80. The summed E-state index contributed by atoms with van der Waals surface area (Å²) in [4.78, 5) is 11.0. The van der Waals surface area contributed by atoms with Gasteiger partial charge in [-0.1, -0.05) is 30.3 Å². The van der Waals surface area contributed by atoms with Crippen molar-refractivity contribution in [3.63, 3.8) is 0 Å². The second-order valence-corrected chi connectivity index (χ2v) is 9.88. The number of sulfone groups is 1. The van der Waals surface area contributed by atoms with Gasteiger partial charge in [0.2, 0.25) is 0 Å². The van der Waals surface area contributed by atoms with Crippen molar-refractivity contribution in [2.75, 3.05) is 5.75 Å². The summed E-state index contributed by atoms with van der Waals surface area (Å²) in [6.45, 7) is 0.217. The smallest absolute Gasteiger partial charge is 0.305 e. The number of halogens is 1. The van der Waals surface area contributed by atoms with Gasteiger partial charge in [-0.25, -0.2) is 12.8 Å². The Morgan fingerprint density at radius 3 is 2.56 bits per heavy atom. The lowest BCUT2D eigenvalue weighted by atomic mass is 10.0. The van der Waals surface area contributed by atoms with Crippen LogP contribution in [0.2, 0.25) is 0 Å². The van der Waals surface area contributed by atoms with E-state index in [0.717, 1.165) is 0 Å². The third-order valence-electron chi connectivity index (χ3n) is 5.54. The molecular weight excluding hydrogens is 437 g/mol. The predicted molar refractivity (Wildman–Crippen MR) is 117 cm³/mol. The molecule has 3 N–H and O–H groups in total. The lowest BCUT2D eigenvalue weighted by Crippen LogP contribution is -2.20. The number of aliphatic carboxylic acids is 1. The molecule has 0 saturated carbocycles. The van der Waals surface area contributed by atoms with E-state index in [4.69, 9.17) is 5.11 Å². The molecule has 0 amide bonds. The molecule has 1 aliphatic rings. The van der Waals surface area contributed by atoms with Crippen LogP contribution in [0.5, 0.6) is 0 Å². The maximum atomic E-state index is 13.5. The van der Waals surface area contributed by atoms with Crippen LogP contribution in [-0.4, -0.2) is 52.2 Å². The topological polar surface area (TPSA) is 117 Å². The Morgan fingerprint density at radius 2 is 1.88 bits per heavy atom. The number of para-hydroxylation sites is 1. The third kappa shape index (κ3) is 4.19. The van der Waals surface area contributed by atoms with Gasteiger partial charge in [-0.3, -0.25) is 4.79 Å². The number of hydrogen-bond donors (Lipinski definition) is 3. The Labute approximate surface area is 184 Å². The van der Waals surface area contributed by atoms with Gasteiger partial charge in [-0.2, -0.15) is 0 Å². The molecule has 1 aromatic heterocycles. The van der Waals surface area contributed by atoms with Gasteiger partial charge in [-0.15, -0.1) is 0 Å². The van der Waals surface area contributed by atoms with E-state index in [1.165, 1.54) is 18.2 Å². The number of benzene rings is 2. The van der Waals surface area contributed by atoms with Gasteiger partial charge in [0.05, 0.1) is 34.8 Å². The number of aliphatic hydroxyl groups excluding tert-OH is 2. The van der Waals surface area contributed by atoms with Crippen LogP contribution in [0.25, 0.3) is 28.1 Å². The van der Waals surface area contributed by atoms with Crippen molar-refractivity contribution < 1.29 is 32.9 Å². The quantitative estimate of drug-likeness (QED) is 0.500. The molecule has 2 heterocycles. The number of aliphatic hydroxyl groups is 2. The Hall–Kier alpha value is -3.01. The first-order chi connectivity index (χ1) is 15.2. The van der Waals surface area contributed by atoms with Crippen molar-refractivity contribution in [2.45, 2.75) is 36.5 Å². The molecule has 3 aromatic rings. The minimum atomic E-state index is -3.44. The summed E-state index contributed by atoms with van der Waals surface area (Å²) in [5.41, 5.74) is 2.58. The zero-order valence-corrected chi connectivity index (χ0v) is 17.8. The average Bonchev–Trinajstić information content (AvgIpc) is 3.03. The highest BCUT2D eigenvalue weighted by Gasteiger charge is 2.29. The summed E-state index contributed by atoms with van der Waals surface area (Å²) in [5, 5.41) is 29.5. The van der Waals surface area contributed by atoms with E-state index in [1.54, 1.807) is 36.4 Å². The van der Waals surface area contributed by atoms with Crippen molar-refractivity contribution in [1.82, 2.24) is 4.57 Å². The van der Waals surface area contributed by atoms with Gasteiger partial charge in [0.1, 0.15) is 5.82 Å². The van der Waals surface area contributed by atoms with Crippen molar-refractivity contribution in [3.05, 3.63) is 60.1 Å².